The molecule has 1 heterocycles. The van der Waals surface area contributed by atoms with E-state index in [2.05, 4.69) is 0 Å². The van der Waals surface area contributed by atoms with Gasteiger partial charge in [0.2, 0.25) is 0 Å². The van der Waals surface area contributed by atoms with Gasteiger partial charge in [0.1, 0.15) is 17.3 Å². The summed E-state index contributed by atoms with van der Waals surface area (Å²) in [6.45, 7) is 3.02. The lowest BCUT2D eigenvalue weighted by molar-refractivity contribution is -0.140. The summed E-state index contributed by atoms with van der Waals surface area (Å²) in [5, 5.41) is 11.1. The van der Waals surface area contributed by atoms with E-state index in [1.165, 1.54) is 12.0 Å². The molecule has 7 nitrogen and oxygen atoms in total. The Morgan fingerprint density at radius 1 is 1.03 bits per heavy atom. The lowest BCUT2D eigenvalue weighted by atomic mass is 9.95. The molecule has 0 aliphatic carbocycles. The van der Waals surface area contributed by atoms with Gasteiger partial charge in [-0.3, -0.25) is 9.59 Å². The maximum absolute atomic E-state index is 13.0. The minimum Gasteiger partial charge on any atom is -0.507 e. The third-order valence-electron chi connectivity index (χ3n) is 5.09. The normalized spacial score (nSPS) is 17.8. The van der Waals surface area contributed by atoms with E-state index in [0.29, 0.717) is 29.2 Å². The first-order valence-electron chi connectivity index (χ1n) is 10.2. The maximum Gasteiger partial charge on any atom is 0.295 e. The molecule has 1 amide bonds. The van der Waals surface area contributed by atoms with E-state index in [9.17, 15) is 14.7 Å². The number of ether oxygens (including phenoxy) is 3. The SMILES string of the molecule is CCCOc1cccc(C(O)=C2C(=O)C(=O)N(CCOC)C2c2ccc(OC)cc2)c1. The van der Waals surface area contributed by atoms with Crippen molar-refractivity contribution in [1.29, 1.82) is 0 Å². The van der Waals surface area contributed by atoms with E-state index >= 15 is 0 Å². The van der Waals surface area contributed by atoms with Crippen molar-refractivity contribution in [2.45, 2.75) is 19.4 Å². The minimum atomic E-state index is -0.735. The zero-order valence-corrected chi connectivity index (χ0v) is 18.0. The number of Topliss-reactive ketones (excluding diaryl/α,β-unsaturated/α-hetero) is 1. The topological polar surface area (TPSA) is 85.3 Å². The number of methoxy groups -OCH3 is 2. The summed E-state index contributed by atoms with van der Waals surface area (Å²) in [6, 6.07) is 13.2. The average molecular weight is 425 g/mol. The van der Waals surface area contributed by atoms with Crippen LogP contribution in [0.4, 0.5) is 0 Å². The molecule has 7 heteroatoms. The molecule has 0 radical (unpaired) electrons. The van der Waals surface area contributed by atoms with Gasteiger partial charge in [-0.15, -0.1) is 0 Å². The third-order valence-corrected chi connectivity index (χ3v) is 5.09. The smallest absolute Gasteiger partial charge is 0.295 e. The van der Waals surface area contributed by atoms with Gasteiger partial charge < -0.3 is 24.2 Å². The quantitative estimate of drug-likeness (QED) is 0.376. The molecular weight excluding hydrogens is 398 g/mol. The standard InChI is InChI=1S/C24H27NO6/c1-4-13-31-19-7-5-6-17(15-19)22(26)20-21(16-8-10-18(30-3)11-9-16)25(12-14-29-2)24(28)23(20)27/h5-11,15,21,26H,4,12-14H2,1-3H3. The molecule has 0 saturated carbocycles. The lowest BCUT2D eigenvalue weighted by Gasteiger charge is -2.25. The number of carbonyl (C=O) groups excluding carboxylic acids is 2. The van der Waals surface area contributed by atoms with Gasteiger partial charge in [0.05, 0.1) is 31.9 Å². The number of benzene rings is 2. The molecule has 1 atom stereocenters. The van der Waals surface area contributed by atoms with Crippen molar-refractivity contribution in [3.05, 3.63) is 65.2 Å². The number of ketones is 1. The van der Waals surface area contributed by atoms with Crippen LogP contribution in [0.1, 0.15) is 30.5 Å². The Labute approximate surface area is 181 Å². The molecule has 0 bridgehead atoms. The second-order valence-corrected chi connectivity index (χ2v) is 7.13. The molecule has 2 aromatic carbocycles. The number of likely N-dealkylation sites (tertiary alicyclic amines) is 1. The predicted molar refractivity (Wildman–Crippen MR) is 116 cm³/mol. The van der Waals surface area contributed by atoms with E-state index in [4.69, 9.17) is 14.2 Å². The number of aliphatic hydroxyl groups excluding tert-OH is 1. The molecule has 1 aliphatic rings. The Kier molecular flexibility index (Phi) is 7.31. The van der Waals surface area contributed by atoms with Crippen LogP contribution in [0.15, 0.2) is 54.1 Å². The molecule has 164 valence electrons. The monoisotopic (exact) mass is 425 g/mol. The van der Waals surface area contributed by atoms with Gasteiger partial charge in [-0.25, -0.2) is 0 Å². The summed E-state index contributed by atoms with van der Waals surface area (Å²) in [6.07, 6.45) is 0.846. The van der Waals surface area contributed by atoms with E-state index in [0.717, 1.165) is 6.42 Å². The Morgan fingerprint density at radius 3 is 2.42 bits per heavy atom. The zero-order valence-electron chi connectivity index (χ0n) is 18.0. The van der Waals surface area contributed by atoms with Crippen molar-refractivity contribution in [3.8, 4) is 11.5 Å². The number of carbonyl (C=O) groups is 2. The number of amides is 1. The Morgan fingerprint density at radius 2 is 1.77 bits per heavy atom. The number of aliphatic hydroxyl groups is 1. The molecule has 31 heavy (non-hydrogen) atoms. The van der Waals surface area contributed by atoms with Gasteiger partial charge in [0, 0.05) is 19.2 Å². The van der Waals surface area contributed by atoms with E-state index in [1.807, 2.05) is 6.92 Å². The van der Waals surface area contributed by atoms with Crippen LogP contribution in [0.25, 0.3) is 5.76 Å². The van der Waals surface area contributed by atoms with Crippen LogP contribution in [0.3, 0.4) is 0 Å². The highest BCUT2D eigenvalue weighted by molar-refractivity contribution is 6.46. The van der Waals surface area contributed by atoms with Crippen molar-refractivity contribution >= 4 is 17.4 Å². The first-order valence-corrected chi connectivity index (χ1v) is 10.2. The van der Waals surface area contributed by atoms with E-state index in [1.54, 1.807) is 55.6 Å². The molecule has 1 fully saturated rings. The second kappa shape index (κ2) is 10.1. The zero-order chi connectivity index (χ0) is 22.4. The molecule has 2 aromatic rings. The van der Waals surface area contributed by atoms with Gasteiger partial charge >= 0.3 is 0 Å². The first kappa shape index (κ1) is 22.4. The fourth-order valence-corrected chi connectivity index (χ4v) is 3.54. The maximum atomic E-state index is 13.0. The summed E-state index contributed by atoms with van der Waals surface area (Å²) in [7, 11) is 3.09. The molecule has 0 aromatic heterocycles. The van der Waals surface area contributed by atoms with Crippen LogP contribution in [0, 0.1) is 0 Å². The highest BCUT2D eigenvalue weighted by Crippen LogP contribution is 2.40. The Bertz CT molecular complexity index is 966. The summed E-state index contributed by atoms with van der Waals surface area (Å²) < 4.78 is 16.0. The van der Waals surface area contributed by atoms with Crippen LogP contribution in [0.2, 0.25) is 0 Å². The number of rotatable bonds is 9. The summed E-state index contributed by atoms with van der Waals surface area (Å²) >= 11 is 0. The highest BCUT2D eigenvalue weighted by Gasteiger charge is 2.45. The number of hydrogen-bond donors (Lipinski definition) is 1. The van der Waals surface area contributed by atoms with Crippen LogP contribution in [0.5, 0.6) is 11.5 Å². The highest BCUT2D eigenvalue weighted by atomic mass is 16.5. The molecule has 0 spiro atoms. The van der Waals surface area contributed by atoms with Crippen LogP contribution in [-0.4, -0.2) is 55.7 Å². The summed E-state index contributed by atoms with van der Waals surface area (Å²) in [4.78, 5) is 27.2. The van der Waals surface area contributed by atoms with Crippen LogP contribution in [-0.2, 0) is 14.3 Å². The van der Waals surface area contributed by atoms with Gasteiger partial charge in [-0.1, -0.05) is 31.2 Å². The van der Waals surface area contributed by atoms with Gasteiger partial charge in [0.15, 0.2) is 0 Å². The van der Waals surface area contributed by atoms with Gasteiger partial charge in [0.25, 0.3) is 11.7 Å². The van der Waals surface area contributed by atoms with Crippen molar-refractivity contribution < 1.29 is 28.9 Å². The minimum absolute atomic E-state index is 0.0407. The van der Waals surface area contributed by atoms with Crippen molar-refractivity contribution in [2.75, 3.05) is 34.0 Å². The number of hydrogen-bond acceptors (Lipinski definition) is 6. The predicted octanol–water partition coefficient (Wildman–Crippen LogP) is 3.55. The van der Waals surface area contributed by atoms with Gasteiger partial charge in [-0.2, -0.15) is 0 Å². The molecule has 1 unspecified atom stereocenters. The molecule has 1 N–H and O–H groups in total. The fourth-order valence-electron chi connectivity index (χ4n) is 3.54. The number of nitrogens with zero attached hydrogens (tertiary/aromatic N) is 1. The molecule has 3 rings (SSSR count). The fraction of sp³-hybridized carbons (Fsp3) is 0.333. The van der Waals surface area contributed by atoms with Crippen molar-refractivity contribution in [3.63, 3.8) is 0 Å². The summed E-state index contributed by atoms with van der Waals surface area (Å²) in [5.74, 6) is -0.396. The van der Waals surface area contributed by atoms with Crippen molar-refractivity contribution in [2.24, 2.45) is 0 Å². The molecule has 1 saturated heterocycles. The molecule has 1 aliphatic heterocycles. The first-order chi connectivity index (χ1) is 15.0. The van der Waals surface area contributed by atoms with Crippen molar-refractivity contribution in [1.82, 2.24) is 4.90 Å². The van der Waals surface area contributed by atoms with E-state index in [-0.39, 0.29) is 24.5 Å². The largest absolute Gasteiger partial charge is 0.507 e. The van der Waals surface area contributed by atoms with Crippen LogP contribution >= 0.6 is 0 Å². The third kappa shape index (κ3) is 4.72. The van der Waals surface area contributed by atoms with Gasteiger partial charge in [-0.05, 0) is 36.2 Å². The molecular formula is C24H27NO6. The Hall–Kier alpha value is -3.32. The summed E-state index contributed by atoms with van der Waals surface area (Å²) in [5.41, 5.74) is 1.15. The van der Waals surface area contributed by atoms with E-state index < -0.39 is 17.7 Å². The Balaban J connectivity index is 2.09. The van der Waals surface area contributed by atoms with Crippen LogP contribution < -0.4 is 9.47 Å². The average Bonchev–Trinajstić information content (AvgIpc) is 3.05. The lowest BCUT2D eigenvalue weighted by Crippen LogP contribution is -2.32. The second-order valence-electron chi connectivity index (χ2n) is 7.13.